The van der Waals surface area contributed by atoms with Crippen LogP contribution >= 0.6 is 11.6 Å². The maximum absolute atomic E-state index is 6.19. The van der Waals surface area contributed by atoms with Gasteiger partial charge in [0.15, 0.2) is 0 Å². The normalized spacial score (nSPS) is 13.6. The Bertz CT molecular complexity index is 365. The molecule has 1 unspecified atom stereocenters. The Balaban J connectivity index is 2.51. The van der Waals surface area contributed by atoms with Crippen LogP contribution in [0.3, 0.4) is 0 Å². The Hall–Kier alpha value is -0.570. The number of hydrogen-bond acceptors (Lipinski definition) is 2. The van der Waals surface area contributed by atoms with Gasteiger partial charge in [-0.2, -0.15) is 0 Å². The minimum Gasteiger partial charge on any atom is -0.385 e. The van der Waals surface area contributed by atoms with E-state index in [1.54, 1.807) is 7.11 Å². The Morgan fingerprint density at radius 3 is 2.61 bits per heavy atom. The van der Waals surface area contributed by atoms with Crippen LogP contribution in [0, 0.1) is 5.41 Å². The molecule has 0 aromatic heterocycles. The average Bonchev–Trinajstić information content (AvgIpc) is 2.34. The van der Waals surface area contributed by atoms with Crippen molar-refractivity contribution >= 4 is 11.6 Å². The summed E-state index contributed by atoms with van der Waals surface area (Å²) in [5.74, 6) is 0. The van der Waals surface area contributed by atoms with Crippen molar-refractivity contribution in [1.29, 1.82) is 0 Å². The molecule has 18 heavy (non-hydrogen) atoms. The van der Waals surface area contributed by atoms with Crippen LogP contribution in [0.25, 0.3) is 0 Å². The second kappa shape index (κ2) is 7.13. The molecule has 1 rings (SSSR count). The summed E-state index contributed by atoms with van der Waals surface area (Å²) >= 11 is 6.19. The summed E-state index contributed by atoms with van der Waals surface area (Å²) in [6.07, 6.45) is 1.05. The largest absolute Gasteiger partial charge is 0.385 e. The molecule has 0 aliphatic heterocycles. The highest BCUT2D eigenvalue weighted by atomic mass is 35.5. The minimum absolute atomic E-state index is 0.228. The first-order valence-electron chi connectivity index (χ1n) is 6.43. The van der Waals surface area contributed by atoms with E-state index in [-0.39, 0.29) is 11.5 Å². The molecule has 0 saturated carbocycles. The molecule has 0 spiro atoms. The van der Waals surface area contributed by atoms with Gasteiger partial charge in [0, 0.05) is 31.3 Å². The van der Waals surface area contributed by atoms with Gasteiger partial charge in [-0.25, -0.2) is 0 Å². The average molecular weight is 270 g/mol. The molecule has 0 aliphatic carbocycles. The van der Waals surface area contributed by atoms with E-state index in [4.69, 9.17) is 16.3 Å². The van der Waals surface area contributed by atoms with Crippen LogP contribution in [0.15, 0.2) is 24.3 Å². The van der Waals surface area contributed by atoms with E-state index in [0.717, 1.165) is 30.2 Å². The molecule has 2 nitrogen and oxygen atoms in total. The van der Waals surface area contributed by atoms with Gasteiger partial charge < -0.3 is 10.1 Å². The Labute approximate surface area is 116 Å². The third-order valence-corrected chi connectivity index (χ3v) is 3.59. The summed E-state index contributed by atoms with van der Waals surface area (Å²) in [4.78, 5) is 0. The molecule has 1 N–H and O–H groups in total. The van der Waals surface area contributed by atoms with E-state index in [0.29, 0.717) is 0 Å². The SMILES string of the molecule is COCCC(C)(C)CNC(C)c1ccccc1Cl. The molecule has 0 bridgehead atoms. The van der Waals surface area contributed by atoms with Gasteiger partial charge in [-0.15, -0.1) is 0 Å². The van der Waals surface area contributed by atoms with Gasteiger partial charge in [-0.1, -0.05) is 43.6 Å². The van der Waals surface area contributed by atoms with Crippen molar-refractivity contribution in [3.8, 4) is 0 Å². The predicted molar refractivity (Wildman–Crippen MR) is 78.1 cm³/mol. The molecule has 1 aromatic rings. The molecular formula is C15H24ClNO. The van der Waals surface area contributed by atoms with Gasteiger partial charge in [0.2, 0.25) is 0 Å². The zero-order valence-corrected chi connectivity index (χ0v) is 12.6. The number of methoxy groups -OCH3 is 1. The summed E-state index contributed by atoms with van der Waals surface area (Å²) < 4.78 is 5.14. The number of benzene rings is 1. The quantitative estimate of drug-likeness (QED) is 0.806. The molecule has 0 saturated heterocycles. The third kappa shape index (κ3) is 4.97. The molecule has 1 atom stereocenters. The Morgan fingerprint density at radius 2 is 2.00 bits per heavy atom. The van der Waals surface area contributed by atoms with E-state index >= 15 is 0 Å². The van der Waals surface area contributed by atoms with Gasteiger partial charge in [0.1, 0.15) is 0 Å². The molecule has 1 aromatic carbocycles. The summed E-state index contributed by atoms with van der Waals surface area (Å²) in [5, 5.41) is 4.38. The zero-order valence-electron chi connectivity index (χ0n) is 11.8. The summed E-state index contributed by atoms with van der Waals surface area (Å²) in [6.45, 7) is 8.39. The lowest BCUT2D eigenvalue weighted by Crippen LogP contribution is -2.32. The van der Waals surface area contributed by atoms with Crippen molar-refractivity contribution in [2.24, 2.45) is 5.41 Å². The van der Waals surface area contributed by atoms with Crippen LogP contribution in [0.1, 0.15) is 38.8 Å². The monoisotopic (exact) mass is 269 g/mol. The van der Waals surface area contributed by atoms with E-state index in [1.807, 2.05) is 18.2 Å². The van der Waals surface area contributed by atoms with Crippen molar-refractivity contribution in [3.63, 3.8) is 0 Å². The second-order valence-corrected chi connectivity index (χ2v) is 5.94. The molecule has 0 amide bonds. The number of halogens is 1. The van der Waals surface area contributed by atoms with Crippen LogP contribution in [-0.2, 0) is 4.74 Å². The van der Waals surface area contributed by atoms with Gasteiger partial charge >= 0.3 is 0 Å². The van der Waals surface area contributed by atoms with Crippen molar-refractivity contribution < 1.29 is 4.74 Å². The van der Waals surface area contributed by atoms with Crippen molar-refractivity contribution in [3.05, 3.63) is 34.9 Å². The van der Waals surface area contributed by atoms with Crippen LogP contribution < -0.4 is 5.32 Å². The molecule has 0 radical (unpaired) electrons. The molecule has 3 heteroatoms. The molecule has 0 heterocycles. The number of hydrogen-bond donors (Lipinski definition) is 1. The Morgan fingerprint density at radius 1 is 1.33 bits per heavy atom. The van der Waals surface area contributed by atoms with E-state index in [9.17, 15) is 0 Å². The molecule has 0 fully saturated rings. The van der Waals surface area contributed by atoms with Crippen LogP contribution in [-0.4, -0.2) is 20.3 Å². The van der Waals surface area contributed by atoms with E-state index in [1.165, 1.54) is 0 Å². The summed E-state index contributed by atoms with van der Waals surface area (Å²) in [5.41, 5.74) is 1.38. The number of rotatable bonds is 7. The van der Waals surface area contributed by atoms with Crippen LogP contribution in [0.4, 0.5) is 0 Å². The highest BCUT2D eigenvalue weighted by Crippen LogP contribution is 2.24. The van der Waals surface area contributed by atoms with E-state index < -0.39 is 0 Å². The predicted octanol–water partition coefficient (Wildman–Crippen LogP) is 4.05. The van der Waals surface area contributed by atoms with Gasteiger partial charge in [0.05, 0.1) is 0 Å². The van der Waals surface area contributed by atoms with Crippen LogP contribution in [0.2, 0.25) is 5.02 Å². The maximum atomic E-state index is 6.19. The fourth-order valence-electron chi connectivity index (χ4n) is 1.83. The lowest BCUT2D eigenvalue weighted by molar-refractivity contribution is 0.149. The highest BCUT2D eigenvalue weighted by Gasteiger charge is 2.19. The zero-order chi connectivity index (χ0) is 13.6. The minimum atomic E-state index is 0.228. The smallest absolute Gasteiger partial charge is 0.0467 e. The van der Waals surface area contributed by atoms with Crippen LogP contribution in [0.5, 0.6) is 0 Å². The molecule has 0 aliphatic rings. The van der Waals surface area contributed by atoms with Gasteiger partial charge in [0.25, 0.3) is 0 Å². The second-order valence-electron chi connectivity index (χ2n) is 5.53. The number of nitrogens with one attached hydrogen (secondary N) is 1. The highest BCUT2D eigenvalue weighted by molar-refractivity contribution is 6.31. The maximum Gasteiger partial charge on any atom is 0.0467 e. The first-order valence-corrected chi connectivity index (χ1v) is 6.81. The van der Waals surface area contributed by atoms with Crippen molar-refractivity contribution in [2.45, 2.75) is 33.2 Å². The molecular weight excluding hydrogens is 246 g/mol. The summed E-state index contributed by atoms with van der Waals surface area (Å²) in [6, 6.07) is 8.25. The van der Waals surface area contributed by atoms with Gasteiger partial charge in [-0.05, 0) is 30.4 Å². The lowest BCUT2D eigenvalue weighted by Gasteiger charge is -2.27. The van der Waals surface area contributed by atoms with Crippen molar-refractivity contribution in [1.82, 2.24) is 5.32 Å². The van der Waals surface area contributed by atoms with E-state index in [2.05, 4.69) is 32.2 Å². The first kappa shape index (κ1) is 15.5. The Kier molecular flexibility index (Phi) is 6.13. The van der Waals surface area contributed by atoms with Gasteiger partial charge in [-0.3, -0.25) is 0 Å². The number of ether oxygens (including phenoxy) is 1. The molecule has 102 valence electrons. The topological polar surface area (TPSA) is 21.3 Å². The summed E-state index contributed by atoms with van der Waals surface area (Å²) in [7, 11) is 1.75. The lowest BCUT2D eigenvalue weighted by atomic mass is 9.89. The first-order chi connectivity index (χ1) is 8.46. The standard InChI is InChI=1S/C15H24ClNO/c1-12(13-7-5-6-8-14(13)16)17-11-15(2,3)9-10-18-4/h5-8,12,17H,9-11H2,1-4H3. The fourth-order valence-corrected chi connectivity index (χ4v) is 2.13. The third-order valence-electron chi connectivity index (χ3n) is 3.24. The fraction of sp³-hybridized carbons (Fsp3) is 0.600. The van der Waals surface area contributed by atoms with Crippen molar-refractivity contribution in [2.75, 3.05) is 20.3 Å².